The molecule has 7 nitrogen and oxygen atoms in total. The number of hydrogen-bond donors (Lipinski definition) is 0. The quantitative estimate of drug-likeness (QED) is 0.258. The van der Waals surface area contributed by atoms with E-state index in [0.29, 0.717) is 39.8 Å². The van der Waals surface area contributed by atoms with E-state index in [2.05, 4.69) is 0 Å². The molecule has 4 rings (SSSR count). The number of amides is 1. The van der Waals surface area contributed by atoms with Crippen LogP contribution in [0.5, 0.6) is 11.5 Å². The van der Waals surface area contributed by atoms with Crippen LogP contribution in [0, 0.1) is 0 Å². The van der Waals surface area contributed by atoms with Gasteiger partial charge in [0.1, 0.15) is 0 Å². The Morgan fingerprint density at radius 2 is 1.69 bits per heavy atom. The minimum Gasteiger partial charge on any atom is -0.493 e. The molecule has 0 bridgehead atoms. The van der Waals surface area contributed by atoms with Crippen LogP contribution in [0.25, 0.3) is 16.6 Å². The number of rotatable bonds is 8. The number of ether oxygens (including phenoxy) is 2. The van der Waals surface area contributed by atoms with Crippen LogP contribution in [0.3, 0.4) is 0 Å². The Hall–Kier alpha value is -3.78. The van der Waals surface area contributed by atoms with Gasteiger partial charge in [0.15, 0.2) is 16.7 Å². The molecular weight excluding hydrogens is 462 g/mol. The predicted octanol–water partition coefficient (Wildman–Crippen LogP) is 4.94. The molecule has 0 spiro atoms. The third-order valence-electron chi connectivity index (χ3n) is 5.65. The summed E-state index contributed by atoms with van der Waals surface area (Å²) in [4.78, 5) is 33.5. The molecule has 1 aromatic heterocycles. The first kappa shape index (κ1) is 24.3. The van der Waals surface area contributed by atoms with Gasteiger partial charge in [-0.25, -0.2) is 4.98 Å². The molecular formula is C27H27N3O4S. The Morgan fingerprint density at radius 3 is 2.37 bits per heavy atom. The van der Waals surface area contributed by atoms with Crippen molar-refractivity contribution >= 4 is 34.3 Å². The fraction of sp³-hybridized carbons (Fsp3) is 0.222. The van der Waals surface area contributed by atoms with E-state index in [0.717, 1.165) is 5.69 Å². The number of anilines is 1. The van der Waals surface area contributed by atoms with Crippen LogP contribution in [-0.4, -0.2) is 41.5 Å². The lowest BCUT2D eigenvalue weighted by atomic mass is 10.2. The van der Waals surface area contributed by atoms with Crippen molar-refractivity contribution in [2.75, 3.05) is 25.7 Å². The summed E-state index contributed by atoms with van der Waals surface area (Å²) in [6.07, 6.45) is 0. The first-order valence-electron chi connectivity index (χ1n) is 11.3. The van der Waals surface area contributed by atoms with Gasteiger partial charge in [-0.3, -0.25) is 14.2 Å². The third kappa shape index (κ3) is 4.88. The summed E-state index contributed by atoms with van der Waals surface area (Å²) in [5.74, 6) is 0.980. The molecule has 180 valence electrons. The zero-order valence-corrected chi connectivity index (χ0v) is 20.9. The molecule has 0 radical (unpaired) electrons. The summed E-state index contributed by atoms with van der Waals surface area (Å²) in [6, 6.07) is 22.0. The van der Waals surface area contributed by atoms with E-state index in [1.165, 1.54) is 16.3 Å². The summed E-state index contributed by atoms with van der Waals surface area (Å²) in [6.45, 7) is 4.30. The lowest BCUT2D eigenvalue weighted by Gasteiger charge is -2.25. The zero-order valence-electron chi connectivity index (χ0n) is 20.1. The number of carbonyl (C=O) groups excluding carboxylic acids is 1. The van der Waals surface area contributed by atoms with Gasteiger partial charge in [0.25, 0.3) is 5.56 Å². The highest BCUT2D eigenvalue weighted by Crippen LogP contribution is 2.32. The summed E-state index contributed by atoms with van der Waals surface area (Å²) in [7, 11) is 3.10. The Kier molecular flexibility index (Phi) is 7.41. The van der Waals surface area contributed by atoms with E-state index in [-0.39, 0.29) is 11.5 Å². The maximum Gasteiger partial charge on any atom is 0.266 e. The molecule has 4 aromatic rings. The first-order valence-corrected chi connectivity index (χ1v) is 12.1. The molecule has 1 atom stereocenters. The average Bonchev–Trinajstić information content (AvgIpc) is 2.89. The molecule has 1 unspecified atom stereocenters. The van der Waals surface area contributed by atoms with Gasteiger partial charge in [0.05, 0.1) is 36.1 Å². The number of fused-ring (bicyclic) bond motifs is 1. The first-order chi connectivity index (χ1) is 17.0. The SMILES string of the molecule is CCN(C(=O)C(C)Sc1nc2ccccc2c(=O)n1-c1ccc(OC)c(OC)c1)c1ccccc1. The summed E-state index contributed by atoms with van der Waals surface area (Å²) in [5, 5.41) is 0.422. The second-order valence-electron chi connectivity index (χ2n) is 7.77. The molecule has 8 heteroatoms. The van der Waals surface area contributed by atoms with Crippen molar-refractivity contribution in [3.05, 3.63) is 83.2 Å². The predicted molar refractivity (Wildman–Crippen MR) is 140 cm³/mol. The second-order valence-corrected chi connectivity index (χ2v) is 9.08. The van der Waals surface area contributed by atoms with Crippen molar-refractivity contribution in [1.82, 2.24) is 9.55 Å². The summed E-state index contributed by atoms with van der Waals surface area (Å²) < 4.78 is 12.3. The number of nitrogens with zero attached hydrogens (tertiary/aromatic N) is 3. The molecule has 0 aliphatic carbocycles. The molecule has 0 saturated heterocycles. The van der Waals surface area contributed by atoms with Crippen LogP contribution >= 0.6 is 11.8 Å². The van der Waals surface area contributed by atoms with E-state index in [4.69, 9.17) is 14.5 Å². The minimum absolute atomic E-state index is 0.0648. The zero-order chi connectivity index (χ0) is 24.9. The van der Waals surface area contributed by atoms with E-state index in [1.54, 1.807) is 49.5 Å². The normalized spacial score (nSPS) is 11.8. The van der Waals surface area contributed by atoms with E-state index >= 15 is 0 Å². The molecule has 0 aliphatic rings. The Balaban J connectivity index is 1.80. The molecule has 3 aromatic carbocycles. The molecule has 0 N–H and O–H groups in total. The molecule has 1 amide bonds. The lowest BCUT2D eigenvalue weighted by Crippen LogP contribution is -2.37. The van der Waals surface area contributed by atoms with E-state index in [9.17, 15) is 9.59 Å². The highest BCUT2D eigenvalue weighted by Gasteiger charge is 2.25. The Bertz CT molecular complexity index is 1400. The van der Waals surface area contributed by atoms with E-state index in [1.807, 2.05) is 56.3 Å². The maximum atomic E-state index is 13.6. The van der Waals surface area contributed by atoms with Crippen LogP contribution in [0.1, 0.15) is 13.8 Å². The van der Waals surface area contributed by atoms with Gasteiger partial charge in [0.2, 0.25) is 5.91 Å². The number of para-hydroxylation sites is 2. The van der Waals surface area contributed by atoms with Gasteiger partial charge in [-0.15, -0.1) is 0 Å². The standard InChI is InChI=1S/C27H27N3O4S/c1-5-29(19-11-7-6-8-12-19)25(31)18(2)35-27-28-22-14-10-9-13-21(22)26(32)30(27)20-15-16-23(33-3)24(17-20)34-4/h6-18H,5H2,1-4H3. The lowest BCUT2D eigenvalue weighted by molar-refractivity contribution is -0.117. The van der Waals surface area contributed by atoms with Crippen molar-refractivity contribution < 1.29 is 14.3 Å². The fourth-order valence-electron chi connectivity index (χ4n) is 3.88. The van der Waals surface area contributed by atoms with Gasteiger partial charge >= 0.3 is 0 Å². The average molecular weight is 490 g/mol. The van der Waals surface area contributed by atoms with Gasteiger partial charge in [-0.2, -0.15) is 0 Å². The molecule has 35 heavy (non-hydrogen) atoms. The van der Waals surface area contributed by atoms with Crippen molar-refractivity contribution in [2.45, 2.75) is 24.3 Å². The van der Waals surface area contributed by atoms with Gasteiger partial charge < -0.3 is 14.4 Å². The smallest absolute Gasteiger partial charge is 0.266 e. The fourth-order valence-corrected chi connectivity index (χ4v) is 4.87. The Morgan fingerprint density at radius 1 is 1.00 bits per heavy atom. The van der Waals surface area contributed by atoms with Crippen LogP contribution < -0.4 is 19.9 Å². The molecule has 0 saturated carbocycles. The largest absolute Gasteiger partial charge is 0.493 e. The van der Waals surface area contributed by atoms with Gasteiger partial charge in [0, 0.05) is 18.3 Å². The third-order valence-corrected chi connectivity index (χ3v) is 6.69. The topological polar surface area (TPSA) is 73.7 Å². The van der Waals surface area contributed by atoms with Crippen LogP contribution in [0.15, 0.2) is 82.7 Å². The number of aromatic nitrogens is 2. The van der Waals surface area contributed by atoms with Crippen LogP contribution in [-0.2, 0) is 4.79 Å². The molecule has 0 aliphatic heterocycles. The molecule has 0 fully saturated rings. The van der Waals surface area contributed by atoms with Gasteiger partial charge in [-0.05, 0) is 50.2 Å². The summed E-state index contributed by atoms with van der Waals surface area (Å²) in [5.41, 5.74) is 1.76. The highest BCUT2D eigenvalue weighted by atomic mass is 32.2. The highest BCUT2D eigenvalue weighted by molar-refractivity contribution is 8.00. The second kappa shape index (κ2) is 10.7. The number of methoxy groups -OCH3 is 2. The van der Waals surface area contributed by atoms with E-state index < -0.39 is 5.25 Å². The Labute approximate surface area is 208 Å². The van der Waals surface area contributed by atoms with Crippen molar-refractivity contribution in [1.29, 1.82) is 0 Å². The van der Waals surface area contributed by atoms with Crippen molar-refractivity contribution in [2.24, 2.45) is 0 Å². The number of thioether (sulfide) groups is 1. The number of carbonyl (C=O) groups is 1. The van der Waals surface area contributed by atoms with Gasteiger partial charge in [-0.1, -0.05) is 42.1 Å². The van der Waals surface area contributed by atoms with Crippen molar-refractivity contribution in [3.8, 4) is 17.2 Å². The monoisotopic (exact) mass is 489 g/mol. The maximum absolute atomic E-state index is 13.6. The van der Waals surface area contributed by atoms with Crippen LogP contribution in [0.4, 0.5) is 5.69 Å². The number of hydrogen-bond acceptors (Lipinski definition) is 6. The van der Waals surface area contributed by atoms with Crippen molar-refractivity contribution in [3.63, 3.8) is 0 Å². The number of benzene rings is 3. The summed E-state index contributed by atoms with van der Waals surface area (Å²) >= 11 is 1.25. The van der Waals surface area contributed by atoms with Crippen LogP contribution in [0.2, 0.25) is 0 Å². The minimum atomic E-state index is -0.491. The molecule has 1 heterocycles.